The molecule has 4 rings (SSSR count). The van der Waals surface area contributed by atoms with Gasteiger partial charge in [-0.1, -0.05) is 48.9 Å². The average Bonchev–Trinajstić information content (AvgIpc) is 2.97. The first-order valence-corrected chi connectivity index (χ1v) is 14.1. The third-order valence-corrected chi connectivity index (χ3v) is 7.32. The lowest BCUT2D eigenvalue weighted by Gasteiger charge is -2.44. The molecule has 1 aromatic rings. The zero-order valence-corrected chi connectivity index (χ0v) is 24.6. The van der Waals surface area contributed by atoms with Crippen molar-refractivity contribution in [3.05, 3.63) is 83.2 Å². The molecule has 6 atom stereocenters. The average molecular weight is 583 g/mol. The second-order valence-electron chi connectivity index (χ2n) is 10.3. The van der Waals surface area contributed by atoms with E-state index >= 15 is 0 Å². The van der Waals surface area contributed by atoms with E-state index in [9.17, 15) is 14.4 Å². The zero-order chi connectivity index (χ0) is 30.2. The fraction of sp³-hybridized carbons (Fsp3) is 0.469. The highest BCUT2D eigenvalue weighted by atomic mass is 16.7. The highest BCUT2D eigenvalue weighted by Crippen LogP contribution is 2.42. The van der Waals surface area contributed by atoms with Crippen LogP contribution in [0, 0.1) is 0 Å². The smallest absolute Gasteiger partial charge is 0.303 e. The van der Waals surface area contributed by atoms with E-state index in [0.717, 1.165) is 30.4 Å². The van der Waals surface area contributed by atoms with E-state index in [0.29, 0.717) is 17.7 Å². The highest BCUT2D eigenvalue weighted by Gasteiger charge is 2.52. The summed E-state index contributed by atoms with van der Waals surface area (Å²) in [6.45, 7) is 5.77. The maximum atomic E-state index is 12.3. The van der Waals surface area contributed by atoms with Gasteiger partial charge in [0.25, 0.3) is 0 Å². The Bertz CT molecular complexity index is 1280. The van der Waals surface area contributed by atoms with Crippen molar-refractivity contribution in [3.8, 4) is 0 Å². The van der Waals surface area contributed by atoms with Gasteiger partial charge in [-0.05, 0) is 42.4 Å². The molecule has 0 spiro atoms. The number of carbonyl (C=O) groups excluding carboxylic acids is 3. The van der Waals surface area contributed by atoms with E-state index in [1.165, 1.54) is 46.0 Å². The summed E-state index contributed by atoms with van der Waals surface area (Å²) >= 11 is 0. The van der Waals surface area contributed by atoms with Gasteiger partial charge in [-0.3, -0.25) is 14.4 Å². The summed E-state index contributed by atoms with van der Waals surface area (Å²) in [5, 5.41) is 0. The second-order valence-corrected chi connectivity index (χ2v) is 10.3. The number of ether oxygens (including phenoxy) is 7. The summed E-state index contributed by atoms with van der Waals surface area (Å²) in [6, 6.07) is 5.89. The van der Waals surface area contributed by atoms with Gasteiger partial charge in [0, 0.05) is 33.8 Å². The molecule has 0 N–H and O–H groups in total. The second kappa shape index (κ2) is 14.3. The van der Waals surface area contributed by atoms with Crippen LogP contribution >= 0.6 is 0 Å². The van der Waals surface area contributed by atoms with E-state index in [2.05, 4.69) is 25.2 Å². The van der Waals surface area contributed by atoms with Gasteiger partial charge in [-0.25, -0.2) is 0 Å². The van der Waals surface area contributed by atoms with Gasteiger partial charge >= 0.3 is 17.9 Å². The summed E-state index contributed by atoms with van der Waals surface area (Å²) in [4.78, 5) is 36.4. The summed E-state index contributed by atoms with van der Waals surface area (Å²) in [5.41, 5.74) is 4.01. The highest BCUT2D eigenvalue weighted by molar-refractivity contribution is 5.68. The topological polar surface area (TPSA) is 116 Å². The minimum Gasteiger partial charge on any atom is -0.466 e. The summed E-state index contributed by atoms with van der Waals surface area (Å²) < 4.78 is 40.0. The Balaban J connectivity index is 1.81. The Labute approximate surface area is 245 Å². The maximum Gasteiger partial charge on any atom is 0.303 e. The van der Waals surface area contributed by atoms with Crippen LogP contribution in [0.5, 0.6) is 0 Å². The minimum absolute atomic E-state index is 0.186. The molecule has 1 saturated heterocycles. The predicted molar refractivity (Wildman–Crippen MR) is 150 cm³/mol. The van der Waals surface area contributed by atoms with E-state index in [1.807, 2.05) is 18.2 Å². The Hall–Kier alpha value is -3.89. The van der Waals surface area contributed by atoms with Gasteiger partial charge in [0.05, 0.1) is 0 Å². The third-order valence-electron chi connectivity index (χ3n) is 7.32. The van der Waals surface area contributed by atoms with Crippen LogP contribution in [0.15, 0.2) is 66.5 Å². The third kappa shape index (κ3) is 7.49. The van der Waals surface area contributed by atoms with E-state index in [4.69, 9.17) is 33.2 Å². The van der Waals surface area contributed by atoms with Crippen molar-refractivity contribution >= 4 is 17.9 Å². The zero-order valence-electron chi connectivity index (χ0n) is 24.6. The number of carbonyl (C=O) groups is 3. The number of aryl methyl sites for hydroxylation is 1. The molecule has 6 unspecified atom stereocenters. The molecule has 10 heteroatoms. The van der Waals surface area contributed by atoms with Gasteiger partial charge in [-0.15, -0.1) is 0 Å². The molecule has 0 amide bonds. The van der Waals surface area contributed by atoms with E-state index in [1.54, 1.807) is 6.26 Å². The summed E-state index contributed by atoms with van der Waals surface area (Å²) in [6.07, 6.45) is 8.77. The molecule has 1 aliphatic carbocycles. The molecule has 10 nitrogen and oxygen atoms in total. The largest absolute Gasteiger partial charge is 0.466 e. The van der Waals surface area contributed by atoms with Crippen molar-refractivity contribution in [2.24, 2.45) is 0 Å². The van der Waals surface area contributed by atoms with E-state index in [-0.39, 0.29) is 5.92 Å². The number of allylic oxidation sites excluding steroid dienone is 5. The Kier molecular flexibility index (Phi) is 10.6. The molecule has 3 aliphatic rings. The molecule has 0 aromatic heterocycles. The first-order chi connectivity index (χ1) is 20.2. The van der Waals surface area contributed by atoms with Crippen molar-refractivity contribution in [1.29, 1.82) is 0 Å². The standard InChI is InChI=1S/C32H38O10/c1-6-23-12-13-24(17-25(23)26(27-18-37-14-15-38-27)16-22-10-8-7-9-11-22)28-29(39-19(2)33)30(40-20(3)34)31(41-21(4)35)32(36-5)42-28/h7-8,10,12-15,17-18,26,28-32H,6,9,11,16H2,1-5H3. The number of methoxy groups -OCH3 is 1. The molecule has 226 valence electrons. The van der Waals surface area contributed by atoms with Crippen LogP contribution in [-0.2, 0) is 54.0 Å². The molecule has 42 heavy (non-hydrogen) atoms. The maximum absolute atomic E-state index is 12.3. The Morgan fingerprint density at radius 1 is 0.976 bits per heavy atom. The van der Waals surface area contributed by atoms with Crippen LogP contribution < -0.4 is 0 Å². The van der Waals surface area contributed by atoms with Gasteiger partial charge in [0.1, 0.15) is 30.6 Å². The van der Waals surface area contributed by atoms with Crippen molar-refractivity contribution in [2.45, 2.75) is 90.0 Å². The molecular weight excluding hydrogens is 544 g/mol. The number of hydrogen-bond donors (Lipinski definition) is 0. The quantitative estimate of drug-likeness (QED) is 0.269. The lowest BCUT2D eigenvalue weighted by molar-refractivity contribution is -0.300. The monoisotopic (exact) mass is 582 g/mol. The van der Waals surface area contributed by atoms with Crippen LogP contribution in [0.25, 0.3) is 0 Å². The SMILES string of the molecule is CCc1ccc(C2OC(OC)C(OC(C)=O)C(OC(C)=O)C2OC(C)=O)cc1C(CC1=CC=CCC1)C1=COC=CO1. The molecule has 1 fully saturated rings. The van der Waals surface area contributed by atoms with E-state index < -0.39 is 48.6 Å². The molecule has 2 aliphatic heterocycles. The minimum atomic E-state index is -1.19. The van der Waals surface area contributed by atoms with Crippen LogP contribution in [0.4, 0.5) is 0 Å². The lowest BCUT2D eigenvalue weighted by atomic mass is 9.82. The van der Waals surface area contributed by atoms with Gasteiger partial charge in [-0.2, -0.15) is 0 Å². The van der Waals surface area contributed by atoms with Crippen molar-refractivity contribution in [3.63, 3.8) is 0 Å². The molecule has 1 aromatic carbocycles. The molecule has 0 saturated carbocycles. The first-order valence-electron chi connectivity index (χ1n) is 14.1. The van der Waals surface area contributed by atoms with Gasteiger partial charge in [0.15, 0.2) is 24.6 Å². The number of hydrogen-bond acceptors (Lipinski definition) is 10. The normalized spacial score (nSPS) is 25.7. The fourth-order valence-corrected chi connectivity index (χ4v) is 5.55. The van der Waals surface area contributed by atoms with Crippen molar-refractivity contribution < 1.29 is 47.5 Å². The predicted octanol–water partition coefficient (Wildman–Crippen LogP) is 5.20. The molecule has 0 radical (unpaired) electrons. The van der Waals surface area contributed by atoms with Crippen molar-refractivity contribution in [2.75, 3.05) is 7.11 Å². The molecule has 2 heterocycles. The number of benzene rings is 1. The first kappa shape index (κ1) is 31.1. The van der Waals surface area contributed by atoms with Gasteiger partial charge < -0.3 is 33.2 Å². The molecule has 0 bridgehead atoms. The summed E-state index contributed by atoms with van der Waals surface area (Å²) in [5.74, 6) is -1.42. The van der Waals surface area contributed by atoms with Gasteiger partial charge in [0.2, 0.25) is 0 Å². The van der Waals surface area contributed by atoms with Crippen LogP contribution in [0.1, 0.15) is 75.7 Å². The molecular formula is C32H38O10. The number of rotatable bonds is 10. The Morgan fingerprint density at radius 3 is 2.29 bits per heavy atom. The van der Waals surface area contributed by atoms with Crippen molar-refractivity contribution in [1.82, 2.24) is 0 Å². The Morgan fingerprint density at radius 2 is 1.69 bits per heavy atom. The number of esters is 3. The van der Waals surface area contributed by atoms with Crippen LogP contribution in [-0.4, -0.2) is 49.6 Å². The van der Waals surface area contributed by atoms with Crippen LogP contribution in [0.2, 0.25) is 0 Å². The van der Waals surface area contributed by atoms with Crippen LogP contribution in [0.3, 0.4) is 0 Å². The fourth-order valence-electron chi connectivity index (χ4n) is 5.55. The lowest BCUT2D eigenvalue weighted by Crippen LogP contribution is -2.58. The summed E-state index contributed by atoms with van der Waals surface area (Å²) in [7, 11) is 1.39.